The molecule has 0 saturated heterocycles. The second-order valence-electron chi connectivity index (χ2n) is 2.97. The van der Waals surface area contributed by atoms with E-state index in [2.05, 4.69) is 10.5 Å². The molecule has 1 aromatic rings. The van der Waals surface area contributed by atoms with Gasteiger partial charge < -0.3 is 20.0 Å². The maximum Gasteiger partial charge on any atom is 0.169 e. The molecule has 0 heterocycles. The number of nitrogens with one attached hydrogen (secondary N) is 1. The number of rotatable bonds is 6. The van der Waals surface area contributed by atoms with Crippen LogP contribution in [0.15, 0.2) is 23.3 Å². The summed E-state index contributed by atoms with van der Waals surface area (Å²) in [4.78, 5) is 0. The molecular weight excluding hydrogens is 208 g/mol. The van der Waals surface area contributed by atoms with E-state index in [1.165, 1.54) is 0 Å². The van der Waals surface area contributed by atoms with Gasteiger partial charge in [-0.15, -0.1) is 0 Å². The topological polar surface area (TPSA) is 63.1 Å². The van der Waals surface area contributed by atoms with Crippen molar-refractivity contribution in [3.05, 3.63) is 23.8 Å². The number of ether oxygens (including phenoxy) is 2. The first-order valence-corrected chi connectivity index (χ1v) is 4.91. The van der Waals surface area contributed by atoms with Gasteiger partial charge in [0.05, 0.1) is 33.6 Å². The zero-order chi connectivity index (χ0) is 11.8. The number of methoxy groups -OCH3 is 2. The third-order valence-corrected chi connectivity index (χ3v) is 1.95. The number of aliphatic hydroxyl groups excluding tert-OH is 1. The van der Waals surface area contributed by atoms with Crippen molar-refractivity contribution in [1.29, 1.82) is 0 Å². The molecule has 0 aliphatic rings. The molecule has 5 nitrogen and oxygen atoms in total. The first kappa shape index (κ1) is 12.3. The fraction of sp³-hybridized carbons (Fsp3) is 0.364. The van der Waals surface area contributed by atoms with Crippen LogP contribution in [0.2, 0.25) is 0 Å². The number of nitrogens with zero attached hydrogens (tertiary/aromatic N) is 1. The van der Waals surface area contributed by atoms with Gasteiger partial charge in [0.2, 0.25) is 0 Å². The molecule has 2 N–H and O–H groups in total. The van der Waals surface area contributed by atoms with Gasteiger partial charge in [-0.05, 0) is 12.1 Å². The van der Waals surface area contributed by atoms with Gasteiger partial charge in [0, 0.05) is 5.56 Å². The molecule has 0 aromatic heterocycles. The van der Waals surface area contributed by atoms with Gasteiger partial charge in [-0.2, -0.15) is 5.10 Å². The molecule has 5 heteroatoms. The van der Waals surface area contributed by atoms with E-state index >= 15 is 0 Å². The average molecular weight is 224 g/mol. The van der Waals surface area contributed by atoms with Crippen LogP contribution < -0.4 is 14.9 Å². The molecule has 0 spiro atoms. The van der Waals surface area contributed by atoms with Crippen LogP contribution in [-0.4, -0.2) is 38.7 Å². The summed E-state index contributed by atoms with van der Waals surface area (Å²) in [5.74, 6) is 1.30. The molecule has 1 aromatic carbocycles. The Labute approximate surface area is 94.7 Å². The summed E-state index contributed by atoms with van der Waals surface area (Å²) in [5.41, 5.74) is 3.51. The molecule has 0 saturated carbocycles. The number of hydrogen-bond acceptors (Lipinski definition) is 5. The maximum atomic E-state index is 8.57. The minimum Gasteiger partial charge on any atom is -0.493 e. The van der Waals surface area contributed by atoms with E-state index in [9.17, 15) is 0 Å². The first-order valence-electron chi connectivity index (χ1n) is 4.91. The van der Waals surface area contributed by atoms with E-state index in [4.69, 9.17) is 14.6 Å². The summed E-state index contributed by atoms with van der Waals surface area (Å²) in [6.07, 6.45) is 1.62. The van der Waals surface area contributed by atoms with E-state index < -0.39 is 0 Å². The monoisotopic (exact) mass is 224 g/mol. The molecule has 1 rings (SSSR count). The SMILES string of the molecule is COc1cccc(C=NNCCO)c1OC. The molecule has 0 aliphatic heterocycles. The van der Waals surface area contributed by atoms with E-state index in [-0.39, 0.29) is 6.61 Å². The quantitative estimate of drug-likeness (QED) is 0.422. The highest BCUT2D eigenvalue weighted by Gasteiger charge is 2.06. The molecule has 0 unspecified atom stereocenters. The Morgan fingerprint density at radius 2 is 2.19 bits per heavy atom. The summed E-state index contributed by atoms with van der Waals surface area (Å²) < 4.78 is 10.4. The molecule has 16 heavy (non-hydrogen) atoms. The van der Waals surface area contributed by atoms with Crippen LogP contribution in [0.3, 0.4) is 0 Å². The summed E-state index contributed by atoms with van der Waals surface area (Å²) in [5, 5.41) is 12.5. The highest BCUT2D eigenvalue weighted by molar-refractivity contribution is 5.84. The second-order valence-corrected chi connectivity index (χ2v) is 2.97. The Kier molecular flexibility index (Phi) is 5.15. The van der Waals surface area contributed by atoms with E-state index in [1.807, 2.05) is 18.2 Å². The standard InChI is InChI=1S/C11H16N2O3/c1-15-10-5-3-4-9(11(10)16-2)8-13-12-6-7-14/h3-5,8,12,14H,6-7H2,1-2H3. The minimum atomic E-state index is 0.0482. The van der Waals surface area contributed by atoms with Crippen molar-refractivity contribution in [2.45, 2.75) is 0 Å². The number of aliphatic hydroxyl groups is 1. The molecular formula is C11H16N2O3. The largest absolute Gasteiger partial charge is 0.493 e. The number of benzene rings is 1. The molecule has 0 atom stereocenters. The number of hydrogen-bond donors (Lipinski definition) is 2. The molecule has 0 bridgehead atoms. The van der Waals surface area contributed by atoms with Gasteiger partial charge in [-0.3, -0.25) is 0 Å². The van der Waals surface area contributed by atoms with E-state index in [1.54, 1.807) is 20.4 Å². The highest BCUT2D eigenvalue weighted by Crippen LogP contribution is 2.29. The third kappa shape index (κ3) is 3.13. The number of hydrazone groups is 1. The van der Waals surface area contributed by atoms with E-state index in [0.717, 1.165) is 5.56 Å². The van der Waals surface area contributed by atoms with Gasteiger partial charge in [0.25, 0.3) is 0 Å². The van der Waals surface area contributed by atoms with Crippen molar-refractivity contribution in [3.63, 3.8) is 0 Å². The third-order valence-electron chi connectivity index (χ3n) is 1.95. The second kappa shape index (κ2) is 6.68. The molecule has 0 amide bonds. The molecule has 0 fully saturated rings. The lowest BCUT2D eigenvalue weighted by molar-refractivity contribution is 0.294. The molecule has 0 radical (unpaired) electrons. The Morgan fingerprint density at radius 3 is 2.81 bits per heavy atom. The Bertz CT molecular complexity index is 353. The first-order chi connectivity index (χ1) is 7.83. The molecule has 88 valence electrons. The van der Waals surface area contributed by atoms with Crippen LogP contribution in [0, 0.1) is 0 Å². The van der Waals surface area contributed by atoms with Gasteiger partial charge >= 0.3 is 0 Å². The van der Waals surface area contributed by atoms with Crippen LogP contribution in [0.1, 0.15) is 5.56 Å². The average Bonchev–Trinajstić information content (AvgIpc) is 2.34. The van der Waals surface area contributed by atoms with E-state index in [0.29, 0.717) is 18.0 Å². The lowest BCUT2D eigenvalue weighted by atomic mass is 10.2. The van der Waals surface area contributed by atoms with Gasteiger partial charge in [0.1, 0.15) is 0 Å². The summed E-state index contributed by atoms with van der Waals surface area (Å²) in [7, 11) is 3.17. The van der Waals surface area contributed by atoms with Crippen LogP contribution in [0.25, 0.3) is 0 Å². The van der Waals surface area contributed by atoms with Crippen molar-refractivity contribution in [2.75, 3.05) is 27.4 Å². The number of para-hydroxylation sites is 1. The lowest BCUT2D eigenvalue weighted by Gasteiger charge is -2.09. The van der Waals surface area contributed by atoms with Gasteiger partial charge in [-0.25, -0.2) is 0 Å². The Hall–Kier alpha value is -1.75. The summed E-state index contributed by atoms with van der Waals surface area (Å²) in [6.45, 7) is 0.468. The smallest absolute Gasteiger partial charge is 0.169 e. The highest BCUT2D eigenvalue weighted by atomic mass is 16.5. The summed E-state index contributed by atoms with van der Waals surface area (Å²) >= 11 is 0. The molecule has 0 aliphatic carbocycles. The zero-order valence-electron chi connectivity index (χ0n) is 9.43. The Morgan fingerprint density at radius 1 is 1.38 bits per heavy atom. The van der Waals surface area contributed by atoms with Crippen LogP contribution >= 0.6 is 0 Å². The zero-order valence-corrected chi connectivity index (χ0v) is 9.43. The fourth-order valence-electron chi connectivity index (χ4n) is 1.24. The predicted octanol–water partition coefficient (Wildman–Crippen LogP) is 0.620. The van der Waals surface area contributed by atoms with Crippen molar-refractivity contribution in [3.8, 4) is 11.5 Å². The fourth-order valence-corrected chi connectivity index (χ4v) is 1.24. The Balaban J connectivity index is 2.82. The van der Waals surface area contributed by atoms with Crippen molar-refractivity contribution in [1.82, 2.24) is 5.43 Å². The minimum absolute atomic E-state index is 0.0482. The predicted molar refractivity (Wildman–Crippen MR) is 62.2 cm³/mol. The van der Waals surface area contributed by atoms with Crippen molar-refractivity contribution >= 4 is 6.21 Å². The van der Waals surface area contributed by atoms with Crippen molar-refractivity contribution < 1.29 is 14.6 Å². The van der Waals surface area contributed by atoms with Gasteiger partial charge in [0.15, 0.2) is 11.5 Å². The van der Waals surface area contributed by atoms with Gasteiger partial charge in [-0.1, -0.05) is 6.07 Å². The normalized spacial score (nSPS) is 10.4. The maximum absolute atomic E-state index is 8.57. The van der Waals surface area contributed by atoms with Crippen LogP contribution in [0.4, 0.5) is 0 Å². The summed E-state index contributed by atoms with van der Waals surface area (Å²) in [6, 6.07) is 5.54. The lowest BCUT2D eigenvalue weighted by Crippen LogP contribution is -2.11. The van der Waals surface area contributed by atoms with Crippen LogP contribution in [0.5, 0.6) is 11.5 Å². The van der Waals surface area contributed by atoms with Crippen molar-refractivity contribution in [2.24, 2.45) is 5.10 Å². The van der Waals surface area contributed by atoms with Crippen LogP contribution in [-0.2, 0) is 0 Å².